The summed E-state index contributed by atoms with van der Waals surface area (Å²) < 4.78 is 25.8. The Hall–Kier alpha value is -1.18. The Labute approximate surface area is 107 Å². The van der Waals surface area contributed by atoms with Crippen LogP contribution in [0.3, 0.4) is 0 Å². The lowest BCUT2D eigenvalue weighted by molar-refractivity contribution is -0.119. The molecule has 4 nitrogen and oxygen atoms in total. The highest BCUT2D eigenvalue weighted by atomic mass is 32.2. The van der Waals surface area contributed by atoms with Gasteiger partial charge < -0.3 is 15.5 Å². The summed E-state index contributed by atoms with van der Waals surface area (Å²) >= 11 is 0.925. The Morgan fingerprint density at radius 1 is 1.44 bits per heavy atom. The van der Waals surface area contributed by atoms with E-state index in [1.807, 2.05) is 0 Å². The van der Waals surface area contributed by atoms with Crippen LogP contribution in [0.25, 0.3) is 0 Å². The lowest BCUT2D eigenvalue weighted by Gasteiger charge is -2.08. The van der Waals surface area contributed by atoms with Gasteiger partial charge in [0.25, 0.3) is 0 Å². The first-order valence-corrected chi connectivity index (χ1v) is 6.15. The van der Waals surface area contributed by atoms with Crippen LogP contribution in [0.15, 0.2) is 23.1 Å². The first-order chi connectivity index (χ1) is 8.52. The first kappa shape index (κ1) is 14.9. The van der Waals surface area contributed by atoms with Gasteiger partial charge in [0.1, 0.15) is 11.6 Å². The minimum absolute atomic E-state index is 0.0549. The minimum atomic E-state index is -1.01. The lowest BCUT2D eigenvalue weighted by atomic mass is 10.3. The van der Waals surface area contributed by atoms with Gasteiger partial charge in [-0.25, -0.2) is 8.78 Å². The third-order valence-electron chi connectivity index (χ3n) is 2.00. The van der Waals surface area contributed by atoms with Gasteiger partial charge in [0.05, 0.1) is 18.5 Å². The number of nitrogens with one attached hydrogen (secondary N) is 1. The van der Waals surface area contributed by atoms with Crippen molar-refractivity contribution in [3.63, 3.8) is 0 Å². The summed E-state index contributed by atoms with van der Waals surface area (Å²) in [6.07, 6.45) is -1.01. The summed E-state index contributed by atoms with van der Waals surface area (Å²) in [5.74, 6) is -1.85. The largest absolute Gasteiger partial charge is 0.394 e. The van der Waals surface area contributed by atoms with Crippen LogP contribution < -0.4 is 5.32 Å². The van der Waals surface area contributed by atoms with Crippen LogP contribution in [-0.2, 0) is 4.79 Å². The highest BCUT2D eigenvalue weighted by Crippen LogP contribution is 2.21. The Morgan fingerprint density at radius 3 is 2.78 bits per heavy atom. The maximum absolute atomic E-state index is 13.2. The molecule has 0 saturated heterocycles. The number of carbonyl (C=O) groups excluding carboxylic acids is 1. The molecule has 0 aliphatic carbocycles. The van der Waals surface area contributed by atoms with Crippen molar-refractivity contribution in [1.29, 1.82) is 0 Å². The minimum Gasteiger partial charge on any atom is -0.394 e. The predicted octanol–water partition coefficient (Wildman–Crippen LogP) is 0.526. The second-order valence-electron chi connectivity index (χ2n) is 3.50. The smallest absolute Gasteiger partial charge is 0.230 e. The van der Waals surface area contributed by atoms with Crippen LogP contribution >= 0.6 is 11.8 Å². The van der Waals surface area contributed by atoms with E-state index in [1.165, 1.54) is 6.07 Å². The number of rotatable bonds is 6. The summed E-state index contributed by atoms with van der Waals surface area (Å²) in [5, 5.41) is 19.9. The second kappa shape index (κ2) is 7.30. The highest BCUT2D eigenvalue weighted by molar-refractivity contribution is 8.00. The number of carbonyl (C=O) groups is 1. The second-order valence-corrected chi connectivity index (χ2v) is 4.52. The van der Waals surface area contributed by atoms with Crippen molar-refractivity contribution >= 4 is 17.7 Å². The van der Waals surface area contributed by atoms with Gasteiger partial charge in [-0.05, 0) is 12.1 Å². The molecule has 0 fully saturated rings. The summed E-state index contributed by atoms with van der Waals surface area (Å²) in [6, 6.07) is 3.11. The van der Waals surface area contributed by atoms with Gasteiger partial charge in [0.2, 0.25) is 5.91 Å². The molecule has 3 N–H and O–H groups in total. The maximum atomic E-state index is 13.2. The molecule has 1 unspecified atom stereocenters. The number of aliphatic hydroxyl groups excluding tert-OH is 2. The zero-order valence-electron chi connectivity index (χ0n) is 9.40. The van der Waals surface area contributed by atoms with E-state index in [0.717, 1.165) is 23.9 Å². The van der Waals surface area contributed by atoms with Crippen LogP contribution in [0.1, 0.15) is 0 Å². The molecule has 0 aliphatic heterocycles. The van der Waals surface area contributed by atoms with Gasteiger partial charge in [-0.15, -0.1) is 11.8 Å². The van der Waals surface area contributed by atoms with Gasteiger partial charge in [-0.3, -0.25) is 4.79 Å². The molecule has 0 spiro atoms. The lowest BCUT2D eigenvalue weighted by Crippen LogP contribution is -2.34. The van der Waals surface area contributed by atoms with Gasteiger partial charge in [-0.2, -0.15) is 0 Å². The molecule has 1 aromatic rings. The molecule has 1 atom stereocenters. The van der Waals surface area contributed by atoms with Crippen molar-refractivity contribution in [3.05, 3.63) is 29.8 Å². The van der Waals surface area contributed by atoms with E-state index in [9.17, 15) is 13.6 Å². The molecule has 1 aromatic carbocycles. The average Bonchev–Trinajstić information content (AvgIpc) is 2.34. The molecule has 1 amide bonds. The molecule has 0 heterocycles. The highest BCUT2D eigenvalue weighted by Gasteiger charge is 2.09. The third kappa shape index (κ3) is 4.99. The normalized spacial score (nSPS) is 12.2. The molecule has 0 bridgehead atoms. The molecule has 0 aliphatic rings. The monoisotopic (exact) mass is 277 g/mol. The molecule has 18 heavy (non-hydrogen) atoms. The van der Waals surface area contributed by atoms with E-state index in [0.29, 0.717) is 0 Å². The van der Waals surface area contributed by atoms with Crippen LogP contribution in [0.5, 0.6) is 0 Å². The topological polar surface area (TPSA) is 69.6 Å². The van der Waals surface area contributed by atoms with E-state index in [-0.39, 0.29) is 17.2 Å². The van der Waals surface area contributed by atoms with Crippen LogP contribution in [0.4, 0.5) is 8.78 Å². The fraction of sp³-hybridized carbons (Fsp3) is 0.364. The zero-order chi connectivity index (χ0) is 13.5. The third-order valence-corrected chi connectivity index (χ3v) is 3.05. The fourth-order valence-corrected chi connectivity index (χ4v) is 1.83. The van der Waals surface area contributed by atoms with E-state index in [4.69, 9.17) is 10.2 Å². The summed E-state index contributed by atoms with van der Waals surface area (Å²) in [6.45, 7) is -0.512. The van der Waals surface area contributed by atoms with Crippen molar-refractivity contribution in [2.45, 2.75) is 11.0 Å². The molecule has 0 radical (unpaired) electrons. The number of thioether (sulfide) groups is 1. The summed E-state index contributed by atoms with van der Waals surface area (Å²) in [5.41, 5.74) is 0. The van der Waals surface area contributed by atoms with Crippen molar-refractivity contribution in [2.75, 3.05) is 18.9 Å². The summed E-state index contributed by atoms with van der Waals surface area (Å²) in [7, 11) is 0. The van der Waals surface area contributed by atoms with Crippen LogP contribution in [0.2, 0.25) is 0 Å². The maximum Gasteiger partial charge on any atom is 0.230 e. The number of aliphatic hydroxyl groups is 2. The number of halogens is 2. The number of hydrogen-bond acceptors (Lipinski definition) is 4. The SMILES string of the molecule is O=C(CSc1ccc(F)cc1F)NCC(O)CO. The van der Waals surface area contributed by atoms with Crippen molar-refractivity contribution in [2.24, 2.45) is 0 Å². The Balaban J connectivity index is 2.38. The van der Waals surface area contributed by atoms with E-state index in [2.05, 4.69) is 5.32 Å². The van der Waals surface area contributed by atoms with E-state index in [1.54, 1.807) is 0 Å². The predicted molar refractivity (Wildman–Crippen MR) is 63.2 cm³/mol. The van der Waals surface area contributed by atoms with Crippen molar-refractivity contribution in [3.8, 4) is 0 Å². The number of hydrogen-bond donors (Lipinski definition) is 3. The van der Waals surface area contributed by atoms with Crippen molar-refractivity contribution < 1.29 is 23.8 Å². The average molecular weight is 277 g/mol. The molecule has 0 saturated carbocycles. The fourth-order valence-electron chi connectivity index (χ4n) is 1.08. The molecular formula is C11H13F2NO3S. The Kier molecular flexibility index (Phi) is 6.03. The van der Waals surface area contributed by atoms with Crippen LogP contribution in [0, 0.1) is 11.6 Å². The Bertz CT molecular complexity index is 417. The standard InChI is InChI=1S/C11H13F2NO3S/c12-7-1-2-10(9(13)3-7)18-6-11(17)14-4-8(16)5-15/h1-3,8,15-16H,4-6H2,(H,14,17). The first-order valence-electron chi connectivity index (χ1n) is 5.16. The van der Waals surface area contributed by atoms with Crippen molar-refractivity contribution in [1.82, 2.24) is 5.32 Å². The Morgan fingerprint density at radius 2 is 2.17 bits per heavy atom. The molecule has 0 aromatic heterocycles. The molecule has 1 rings (SSSR count). The molecule has 100 valence electrons. The summed E-state index contributed by atoms with van der Waals surface area (Å²) in [4.78, 5) is 11.5. The van der Waals surface area contributed by atoms with Gasteiger partial charge in [0, 0.05) is 17.5 Å². The quantitative estimate of drug-likeness (QED) is 0.663. The van der Waals surface area contributed by atoms with Gasteiger partial charge in [-0.1, -0.05) is 0 Å². The molecule has 7 heteroatoms. The van der Waals surface area contributed by atoms with E-state index < -0.39 is 30.3 Å². The number of benzene rings is 1. The van der Waals surface area contributed by atoms with Crippen LogP contribution in [-0.4, -0.2) is 41.1 Å². The zero-order valence-corrected chi connectivity index (χ0v) is 10.2. The van der Waals surface area contributed by atoms with E-state index >= 15 is 0 Å². The van der Waals surface area contributed by atoms with Gasteiger partial charge in [0.15, 0.2) is 0 Å². The number of amides is 1. The van der Waals surface area contributed by atoms with Gasteiger partial charge >= 0.3 is 0 Å². The molecular weight excluding hydrogens is 264 g/mol.